The average molecular weight is 449 g/mol. The maximum absolute atomic E-state index is 6.44. The fourth-order valence-corrected chi connectivity index (χ4v) is 5.03. The van der Waals surface area contributed by atoms with Gasteiger partial charge in [-0.3, -0.25) is 0 Å². The van der Waals surface area contributed by atoms with E-state index in [4.69, 9.17) is 23.7 Å². The van der Waals surface area contributed by atoms with Crippen LogP contribution >= 0.6 is 0 Å². The number of hydrogen-bond donors (Lipinski definition) is 0. The first-order valence-corrected chi connectivity index (χ1v) is 11.5. The van der Waals surface area contributed by atoms with Crippen LogP contribution < -0.4 is 23.7 Å². The van der Waals surface area contributed by atoms with E-state index in [1.54, 1.807) is 14.2 Å². The summed E-state index contributed by atoms with van der Waals surface area (Å²) in [5.41, 5.74) is 4.43. The molecule has 5 heteroatoms. The van der Waals surface area contributed by atoms with Crippen molar-refractivity contribution in [3.8, 4) is 28.7 Å². The molecule has 2 aromatic carbocycles. The normalized spacial score (nSPS) is 21.0. The number of fused-ring (bicyclic) bond motifs is 4. The molecule has 174 valence electrons. The van der Waals surface area contributed by atoms with Crippen LogP contribution in [0.15, 0.2) is 24.3 Å². The average Bonchev–Trinajstić information content (AvgIpc) is 2.77. The Morgan fingerprint density at radius 2 is 1.52 bits per heavy atom. The van der Waals surface area contributed by atoms with Gasteiger partial charge in [-0.2, -0.15) is 0 Å². The second kappa shape index (κ2) is 7.47. The molecular weight excluding hydrogens is 416 g/mol. The summed E-state index contributed by atoms with van der Waals surface area (Å²) in [4.78, 5) is 0. The fraction of sp³-hybridized carbons (Fsp3) is 0.429. The molecule has 0 saturated heterocycles. The Bertz CT molecular complexity index is 1190. The molecule has 0 amide bonds. The Morgan fingerprint density at radius 3 is 2.18 bits per heavy atom. The van der Waals surface area contributed by atoms with Crippen LogP contribution in [-0.4, -0.2) is 32.0 Å². The van der Waals surface area contributed by atoms with Gasteiger partial charge in [-0.1, -0.05) is 6.07 Å². The molecule has 0 radical (unpaired) electrons. The van der Waals surface area contributed by atoms with Crippen molar-refractivity contribution < 1.29 is 23.7 Å². The molecule has 2 aromatic rings. The van der Waals surface area contributed by atoms with Crippen LogP contribution in [0.25, 0.3) is 12.2 Å². The van der Waals surface area contributed by atoms with E-state index in [0.717, 1.165) is 63.0 Å². The van der Waals surface area contributed by atoms with E-state index in [0.29, 0.717) is 6.61 Å². The van der Waals surface area contributed by atoms with Gasteiger partial charge >= 0.3 is 0 Å². The smallest absolute Gasteiger partial charge is 0.138 e. The zero-order valence-corrected chi connectivity index (χ0v) is 20.5. The summed E-state index contributed by atoms with van der Waals surface area (Å²) in [6, 6.07) is 4.12. The standard InChI is InChI=1S/C28H32O5/c1-16-23(30-7)21-14-17(15-31-25(21)20-11-13-27(2,3)32-24(16)20)18-8-9-22(29-6)19-10-12-28(4,5)33-26(18)19/h8-13,17H,14-15H2,1-7H3/t17-/m1/s1. The van der Waals surface area contributed by atoms with Crippen molar-refractivity contribution >= 4 is 12.2 Å². The van der Waals surface area contributed by atoms with Gasteiger partial charge in [-0.25, -0.2) is 0 Å². The molecule has 0 N–H and O–H groups in total. The Morgan fingerprint density at radius 1 is 0.848 bits per heavy atom. The molecule has 0 bridgehead atoms. The fourth-order valence-electron chi connectivity index (χ4n) is 5.03. The molecule has 0 saturated carbocycles. The Balaban J connectivity index is 1.60. The number of methoxy groups -OCH3 is 2. The van der Waals surface area contributed by atoms with Gasteiger partial charge in [0.05, 0.1) is 32.0 Å². The van der Waals surface area contributed by atoms with Crippen LogP contribution in [0.2, 0.25) is 0 Å². The lowest BCUT2D eigenvalue weighted by atomic mass is 9.84. The highest BCUT2D eigenvalue weighted by molar-refractivity contribution is 5.76. The number of ether oxygens (including phenoxy) is 5. The van der Waals surface area contributed by atoms with Crippen molar-refractivity contribution in [3.63, 3.8) is 0 Å². The number of benzene rings is 2. The molecule has 0 fully saturated rings. The summed E-state index contributed by atoms with van der Waals surface area (Å²) in [5.74, 6) is 4.34. The minimum Gasteiger partial charge on any atom is -0.496 e. The third kappa shape index (κ3) is 3.54. The highest BCUT2D eigenvalue weighted by atomic mass is 16.5. The third-order valence-electron chi connectivity index (χ3n) is 6.68. The van der Waals surface area contributed by atoms with Crippen LogP contribution in [0, 0.1) is 6.92 Å². The van der Waals surface area contributed by atoms with Gasteiger partial charge in [0.15, 0.2) is 0 Å². The van der Waals surface area contributed by atoms with Crippen LogP contribution in [-0.2, 0) is 6.42 Å². The van der Waals surface area contributed by atoms with E-state index in [2.05, 4.69) is 65.0 Å². The molecule has 3 aliphatic heterocycles. The van der Waals surface area contributed by atoms with Crippen molar-refractivity contribution in [1.29, 1.82) is 0 Å². The molecule has 1 atom stereocenters. The summed E-state index contributed by atoms with van der Waals surface area (Å²) in [6.07, 6.45) is 9.16. The van der Waals surface area contributed by atoms with Gasteiger partial charge in [0.2, 0.25) is 0 Å². The van der Waals surface area contributed by atoms with E-state index in [-0.39, 0.29) is 17.1 Å². The van der Waals surface area contributed by atoms with Crippen molar-refractivity contribution in [2.45, 2.75) is 58.2 Å². The van der Waals surface area contributed by atoms with Crippen molar-refractivity contribution in [3.05, 3.63) is 52.1 Å². The monoisotopic (exact) mass is 448 g/mol. The van der Waals surface area contributed by atoms with Gasteiger partial charge in [0, 0.05) is 22.6 Å². The molecule has 0 aromatic heterocycles. The van der Waals surface area contributed by atoms with Gasteiger partial charge in [0.25, 0.3) is 0 Å². The lowest BCUT2D eigenvalue weighted by Gasteiger charge is -2.36. The van der Waals surface area contributed by atoms with Crippen LogP contribution in [0.5, 0.6) is 28.7 Å². The molecule has 3 aliphatic rings. The molecular formula is C28H32O5. The summed E-state index contributed by atoms with van der Waals surface area (Å²) < 4.78 is 30.7. The van der Waals surface area contributed by atoms with E-state index in [1.807, 2.05) is 6.07 Å². The minimum atomic E-state index is -0.385. The van der Waals surface area contributed by atoms with E-state index in [1.165, 1.54) is 0 Å². The zero-order valence-electron chi connectivity index (χ0n) is 20.5. The Labute approximate surface area is 195 Å². The van der Waals surface area contributed by atoms with E-state index in [9.17, 15) is 0 Å². The Kier molecular flexibility index (Phi) is 4.93. The molecule has 0 aliphatic carbocycles. The maximum atomic E-state index is 6.44. The molecule has 5 rings (SSSR count). The second-order valence-electron chi connectivity index (χ2n) is 10.1. The minimum absolute atomic E-state index is 0.121. The summed E-state index contributed by atoms with van der Waals surface area (Å²) in [6.45, 7) is 10.8. The summed E-state index contributed by atoms with van der Waals surface area (Å²) in [7, 11) is 3.41. The zero-order chi connectivity index (χ0) is 23.5. The van der Waals surface area contributed by atoms with Crippen molar-refractivity contribution in [2.24, 2.45) is 0 Å². The molecule has 3 heterocycles. The summed E-state index contributed by atoms with van der Waals surface area (Å²) in [5, 5.41) is 0. The first-order chi connectivity index (χ1) is 15.6. The van der Waals surface area contributed by atoms with Gasteiger partial charge in [0.1, 0.15) is 39.9 Å². The van der Waals surface area contributed by atoms with Crippen molar-refractivity contribution in [1.82, 2.24) is 0 Å². The first kappa shape index (κ1) is 21.7. The van der Waals surface area contributed by atoms with Crippen molar-refractivity contribution in [2.75, 3.05) is 20.8 Å². The predicted molar refractivity (Wildman–Crippen MR) is 130 cm³/mol. The first-order valence-electron chi connectivity index (χ1n) is 11.5. The maximum Gasteiger partial charge on any atom is 0.138 e. The molecule has 33 heavy (non-hydrogen) atoms. The predicted octanol–water partition coefficient (Wildman–Crippen LogP) is 6.10. The molecule has 5 nitrogen and oxygen atoms in total. The quantitative estimate of drug-likeness (QED) is 0.568. The second-order valence-corrected chi connectivity index (χ2v) is 10.1. The van der Waals surface area contributed by atoms with Gasteiger partial charge < -0.3 is 23.7 Å². The molecule has 0 spiro atoms. The van der Waals surface area contributed by atoms with Crippen LogP contribution in [0.3, 0.4) is 0 Å². The van der Waals surface area contributed by atoms with Crippen LogP contribution in [0.4, 0.5) is 0 Å². The Hall–Kier alpha value is -3.08. The lowest BCUT2D eigenvalue weighted by molar-refractivity contribution is 0.150. The highest BCUT2D eigenvalue weighted by Crippen LogP contribution is 2.52. The highest BCUT2D eigenvalue weighted by Gasteiger charge is 2.36. The number of rotatable bonds is 3. The largest absolute Gasteiger partial charge is 0.496 e. The third-order valence-corrected chi connectivity index (χ3v) is 6.68. The van der Waals surface area contributed by atoms with Gasteiger partial charge in [-0.15, -0.1) is 0 Å². The molecule has 0 unspecified atom stereocenters. The lowest BCUT2D eigenvalue weighted by Crippen LogP contribution is -2.31. The summed E-state index contributed by atoms with van der Waals surface area (Å²) >= 11 is 0. The SMILES string of the molecule is COc1ccc([C@H]2COc3c4c(c(C)c(OC)c3C2)OC(C)(C)C=C4)c2c1C=CC(C)(C)O2. The number of hydrogen-bond acceptors (Lipinski definition) is 5. The van der Waals surface area contributed by atoms with E-state index < -0.39 is 0 Å². The van der Waals surface area contributed by atoms with Gasteiger partial charge in [-0.05, 0) is 71.4 Å². The van der Waals surface area contributed by atoms with E-state index >= 15 is 0 Å². The van der Waals surface area contributed by atoms with Crippen LogP contribution in [0.1, 0.15) is 61.4 Å². The topological polar surface area (TPSA) is 46.2 Å².